The third kappa shape index (κ3) is 6.99. The maximum absolute atomic E-state index is 12.6. The van der Waals surface area contributed by atoms with E-state index in [2.05, 4.69) is 27.1 Å². The Morgan fingerprint density at radius 3 is 2.81 bits per heavy atom. The van der Waals surface area contributed by atoms with Gasteiger partial charge in [-0.2, -0.15) is 0 Å². The van der Waals surface area contributed by atoms with Gasteiger partial charge in [0.25, 0.3) is 0 Å². The molecule has 0 radical (unpaired) electrons. The van der Waals surface area contributed by atoms with Gasteiger partial charge in [0.05, 0.1) is 20.8 Å². The van der Waals surface area contributed by atoms with Crippen molar-refractivity contribution in [3.63, 3.8) is 0 Å². The third-order valence-corrected chi connectivity index (χ3v) is 6.06. The van der Waals surface area contributed by atoms with E-state index in [0.29, 0.717) is 25.5 Å². The first-order valence-corrected chi connectivity index (χ1v) is 11.1. The summed E-state index contributed by atoms with van der Waals surface area (Å²) >= 11 is 1.78. The van der Waals surface area contributed by atoms with Crippen LogP contribution in [0.2, 0.25) is 0 Å². The third-order valence-electron chi connectivity index (χ3n) is 5.04. The van der Waals surface area contributed by atoms with Crippen molar-refractivity contribution in [2.75, 3.05) is 33.9 Å². The number of carbonyl (C=O) groups excluding carboxylic acids is 1. The van der Waals surface area contributed by atoms with Gasteiger partial charge in [-0.3, -0.25) is 4.79 Å². The quantitative estimate of drug-likeness (QED) is 0.295. The van der Waals surface area contributed by atoms with E-state index in [1.54, 1.807) is 25.6 Å². The molecule has 0 fully saturated rings. The molecule has 1 aliphatic rings. The number of nitrogens with zero attached hydrogens (tertiary/aromatic N) is 2. The minimum absolute atomic E-state index is 0. The lowest BCUT2D eigenvalue weighted by Crippen LogP contribution is -2.41. The number of nitrogens with one attached hydrogen (secondary N) is 2. The van der Waals surface area contributed by atoms with Crippen LogP contribution in [0.15, 0.2) is 34.6 Å². The van der Waals surface area contributed by atoms with Crippen molar-refractivity contribution in [1.82, 2.24) is 15.5 Å². The molecule has 0 saturated heterocycles. The van der Waals surface area contributed by atoms with Crippen LogP contribution < -0.4 is 20.1 Å². The average Bonchev–Trinajstić information content (AvgIpc) is 3.25. The smallest absolute Gasteiger partial charge is 0.224 e. The summed E-state index contributed by atoms with van der Waals surface area (Å²) in [7, 11) is 3.26. The van der Waals surface area contributed by atoms with Crippen molar-refractivity contribution in [3.8, 4) is 11.5 Å². The van der Waals surface area contributed by atoms with E-state index in [1.807, 2.05) is 30.0 Å². The molecule has 0 bridgehead atoms. The Labute approximate surface area is 205 Å². The number of rotatable bonds is 8. The fourth-order valence-electron chi connectivity index (χ4n) is 3.40. The molecule has 1 aliphatic heterocycles. The summed E-state index contributed by atoms with van der Waals surface area (Å²) in [6.07, 6.45) is 1.40. The number of ether oxygens (including phenoxy) is 2. The number of carbonyl (C=O) groups is 1. The Bertz CT molecular complexity index is 887. The normalized spacial score (nSPS) is 13.1. The molecule has 2 N–H and O–H groups in total. The van der Waals surface area contributed by atoms with E-state index < -0.39 is 0 Å². The average molecular weight is 558 g/mol. The van der Waals surface area contributed by atoms with Crippen LogP contribution in [0, 0.1) is 0 Å². The van der Waals surface area contributed by atoms with Crippen LogP contribution in [0.5, 0.6) is 11.5 Å². The van der Waals surface area contributed by atoms with Gasteiger partial charge in [-0.05, 0) is 42.5 Å². The van der Waals surface area contributed by atoms with Crippen LogP contribution in [0.25, 0.3) is 0 Å². The zero-order chi connectivity index (χ0) is 21.3. The lowest BCUT2D eigenvalue weighted by atomic mass is 10.1. The Hall–Kier alpha value is -2.01. The van der Waals surface area contributed by atoms with Crippen molar-refractivity contribution < 1.29 is 14.3 Å². The van der Waals surface area contributed by atoms with Gasteiger partial charge < -0.3 is 25.0 Å². The zero-order valence-corrected chi connectivity index (χ0v) is 21.4. The summed E-state index contributed by atoms with van der Waals surface area (Å²) < 4.78 is 10.7. The maximum Gasteiger partial charge on any atom is 0.224 e. The van der Waals surface area contributed by atoms with Crippen LogP contribution >= 0.6 is 35.3 Å². The predicted octanol–water partition coefficient (Wildman–Crippen LogP) is 3.41. The van der Waals surface area contributed by atoms with Gasteiger partial charge in [0, 0.05) is 49.1 Å². The van der Waals surface area contributed by atoms with Crippen molar-refractivity contribution in [1.29, 1.82) is 0 Å². The van der Waals surface area contributed by atoms with Crippen molar-refractivity contribution in [2.45, 2.75) is 32.9 Å². The first-order valence-electron chi connectivity index (χ1n) is 10.2. The maximum atomic E-state index is 12.6. The fraction of sp³-hybridized carbons (Fsp3) is 0.455. The van der Waals surface area contributed by atoms with Crippen molar-refractivity contribution in [2.24, 2.45) is 4.99 Å². The summed E-state index contributed by atoms with van der Waals surface area (Å²) in [5, 5.41) is 8.60. The molecule has 9 heteroatoms. The van der Waals surface area contributed by atoms with Gasteiger partial charge in [-0.25, -0.2) is 4.99 Å². The van der Waals surface area contributed by atoms with Crippen LogP contribution in [-0.4, -0.2) is 50.6 Å². The van der Waals surface area contributed by atoms with Crippen LogP contribution in [0.3, 0.4) is 0 Å². The Kier molecular flexibility index (Phi) is 10.4. The van der Waals surface area contributed by atoms with Crippen LogP contribution in [-0.2, 0) is 24.3 Å². The van der Waals surface area contributed by atoms with Gasteiger partial charge in [-0.15, -0.1) is 35.3 Å². The molecule has 170 valence electrons. The molecular formula is C22H31IN4O3S. The molecule has 3 rings (SSSR count). The lowest BCUT2D eigenvalue weighted by Gasteiger charge is -2.27. The molecule has 1 amide bonds. The van der Waals surface area contributed by atoms with Gasteiger partial charge in [0.15, 0.2) is 5.96 Å². The van der Waals surface area contributed by atoms with Crippen molar-refractivity contribution >= 4 is 47.2 Å². The lowest BCUT2D eigenvalue weighted by molar-refractivity contribution is -0.131. The van der Waals surface area contributed by atoms with E-state index in [-0.39, 0.29) is 29.9 Å². The highest BCUT2D eigenvalue weighted by molar-refractivity contribution is 14.0. The van der Waals surface area contributed by atoms with Gasteiger partial charge >= 0.3 is 0 Å². The van der Waals surface area contributed by atoms with E-state index in [4.69, 9.17) is 9.47 Å². The number of halogens is 1. The number of benzene rings is 1. The standard InChI is InChI=1S/C22H30N4O3S.HI/c1-4-23-22(25-14-16-5-6-18(28-2)13-19(16)29-3)24-10-7-21(27)26-11-8-20-17(15-26)9-12-30-20;/h5-6,9,12-13H,4,7-8,10-11,14-15H2,1-3H3,(H2,23,24,25);1H. The van der Waals surface area contributed by atoms with Gasteiger partial charge in [-0.1, -0.05) is 0 Å². The summed E-state index contributed by atoms with van der Waals surface area (Å²) in [6.45, 7) is 5.29. The highest BCUT2D eigenvalue weighted by Gasteiger charge is 2.21. The minimum Gasteiger partial charge on any atom is -0.497 e. The molecule has 2 aromatic rings. The molecule has 0 aliphatic carbocycles. The number of methoxy groups -OCH3 is 2. The first-order chi connectivity index (χ1) is 14.6. The molecule has 0 spiro atoms. The number of thiophene rings is 1. The Morgan fingerprint density at radius 1 is 1.23 bits per heavy atom. The molecule has 0 saturated carbocycles. The minimum atomic E-state index is 0. The summed E-state index contributed by atoms with van der Waals surface area (Å²) in [5.74, 6) is 2.34. The summed E-state index contributed by atoms with van der Waals surface area (Å²) in [5.41, 5.74) is 2.25. The largest absolute Gasteiger partial charge is 0.497 e. The van der Waals surface area contributed by atoms with Crippen molar-refractivity contribution in [3.05, 3.63) is 45.6 Å². The van der Waals surface area contributed by atoms with Crippen LogP contribution in [0.4, 0.5) is 0 Å². The van der Waals surface area contributed by atoms with E-state index in [9.17, 15) is 4.79 Å². The van der Waals surface area contributed by atoms with Gasteiger partial charge in [0.1, 0.15) is 11.5 Å². The predicted molar refractivity (Wildman–Crippen MR) is 136 cm³/mol. The number of amides is 1. The van der Waals surface area contributed by atoms with Gasteiger partial charge in [0.2, 0.25) is 5.91 Å². The molecule has 31 heavy (non-hydrogen) atoms. The monoisotopic (exact) mass is 558 g/mol. The molecular weight excluding hydrogens is 527 g/mol. The fourth-order valence-corrected chi connectivity index (χ4v) is 4.29. The second-order valence-corrected chi connectivity index (χ2v) is 7.98. The topological polar surface area (TPSA) is 75.2 Å². The summed E-state index contributed by atoms with van der Waals surface area (Å²) in [4.78, 5) is 20.6. The molecule has 0 unspecified atom stereocenters. The number of hydrogen-bond acceptors (Lipinski definition) is 5. The molecule has 0 atom stereocenters. The Balaban J connectivity index is 0.00000341. The number of aliphatic imine (C=N–C) groups is 1. The van der Waals surface area contributed by atoms with E-state index >= 15 is 0 Å². The molecule has 1 aromatic heterocycles. The number of hydrogen-bond donors (Lipinski definition) is 2. The molecule has 7 nitrogen and oxygen atoms in total. The number of fused-ring (bicyclic) bond motifs is 1. The first kappa shape index (κ1) is 25.3. The Morgan fingerprint density at radius 2 is 2.06 bits per heavy atom. The SMILES string of the molecule is CCNC(=NCc1ccc(OC)cc1OC)NCCC(=O)N1CCc2sccc2C1.I. The summed E-state index contributed by atoms with van der Waals surface area (Å²) in [6, 6.07) is 7.82. The van der Waals surface area contributed by atoms with E-state index in [0.717, 1.165) is 43.1 Å². The molecule has 2 heterocycles. The van der Waals surface area contributed by atoms with Crippen LogP contribution in [0.1, 0.15) is 29.3 Å². The molecule has 1 aromatic carbocycles. The highest BCUT2D eigenvalue weighted by Crippen LogP contribution is 2.25. The highest BCUT2D eigenvalue weighted by atomic mass is 127. The number of guanidine groups is 1. The second-order valence-electron chi connectivity index (χ2n) is 6.98. The van der Waals surface area contributed by atoms with E-state index in [1.165, 1.54) is 10.4 Å². The second kappa shape index (κ2) is 12.7. The zero-order valence-electron chi connectivity index (χ0n) is 18.3.